The van der Waals surface area contributed by atoms with Gasteiger partial charge >= 0.3 is 0 Å². The lowest BCUT2D eigenvalue weighted by molar-refractivity contribution is 0.718. The Labute approximate surface area is 106 Å². The quantitative estimate of drug-likeness (QED) is 0.901. The van der Waals surface area contributed by atoms with Crippen molar-refractivity contribution in [2.75, 3.05) is 13.6 Å². The molecule has 0 amide bonds. The van der Waals surface area contributed by atoms with Crippen LogP contribution >= 0.6 is 11.6 Å². The van der Waals surface area contributed by atoms with Gasteiger partial charge in [-0.2, -0.15) is 0 Å². The second-order valence-electron chi connectivity index (χ2n) is 3.83. The van der Waals surface area contributed by atoms with E-state index in [0.29, 0.717) is 5.02 Å². The fourth-order valence-corrected chi connectivity index (χ4v) is 1.91. The maximum atomic E-state index is 6.15. The van der Waals surface area contributed by atoms with E-state index in [1.165, 1.54) is 0 Å². The molecular formula is C12H15ClN4. The fraction of sp³-hybridized carbons (Fsp3) is 0.333. The first-order chi connectivity index (χ1) is 8.24. The van der Waals surface area contributed by atoms with E-state index in [2.05, 4.69) is 15.5 Å². The summed E-state index contributed by atoms with van der Waals surface area (Å²) < 4.78 is 1.98. The van der Waals surface area contributed by atoms with Gasteiger partial charge in [0.2, 0.25) is 0 Å². The minimum absolute atomic E-state index is 0.697. The molecule has 0 unspecified atom stereocenters. The molecule has 0 saturated carbocycles. The fourth-order valence-electron chi connectivity index (χ4n) is 1.69. The minimum Gasteiger partial charge on any atom is -0.319 e. The monoisotopic (exact) mass is 250 g/mol. The van der Waals surface area contributed by atoms with Crippen LogP contribution < -0.4 is 5.32 Å². The number of rotatable bonds is 4. The van der Waals surface area contributed by atoms with Crippen molar-refractivity contribution < 1.29 is 0 Å². The summed E-state index contributed by atoms with van der Waals surface area (Å²) in [6.45, 7) is 0.883. The third-order valence-corrected chi connectivity index (χ3v) is 3.01. The first-order valence-corrected chi connectivity index (χ1v) is 5.89. The van der Waals surface area contributed by atoms with Crippen LogP contribution in [0.15, 0.2) is 24.3 Å². The van der Waals surface area contributed by atoms with Gasteiger partial charge in [0.05, 0.1) is 5.02 Å². The summed E-state index contributed by atoms with van der Waals surface area (Å²) in [5.74, 6) is 1.76. The average molecular weight is 251 g/mol. The van der Waals surface area contributed by atoms with Crippen molar-refractivity contribution in [3.63, 3.8) is 0 Å². The van der Waals surface area contributed by atoms with Crippen molar-refractivity contribution in [2.24, 2.45) is 7.05 Å². The van der Waals surface area contributed by atoms with Gasteiger partial charge in [-0.25, -0.2) is 0 Å². The summed E-state index contributed by atoms with van der Waals surface area (Å²) >= 11 is 6.15. The van der Waals surface area contributed by atoms with Crippen LogP contribution in [0.3, 0.4) is 0 Å². The predicted octanol–water partition coefficient (Wildman–Crippen LogP) is 1.90. The topological polar surface area (TPSA) is 42.7 Å². The van der Waals surface area contributed by atoms with Gasteiger partial charge in [0, 0.05) is 25.6 Å². The Bertz CT molecular complexity index is 507. The van der Waals surface area contributed by atoms with E-state index >= 15 is 0 Å². The molecule has 90 valence electrons. The molecule has 0 fully saturated rings. The molecular weight excluding hydrogens is 236 g/mol. The van der Waals surface area contributed by atoms with Gasteiger partial charge in [-0.05, 0) is 19.2 Å². The summed E-state index contributed by atoms with van der Waals surface area (Å²) in [7, 11) is 3.88. The first kappa shape index (κ1) is 12.1. The van der Waals surface area contributed by atoms with E-state index in [-0.39, 0.29) is 0 Å². The number of nitrogens with one attached hydrogen (secondary N) is 1. The number of hydrogen-bond donors (Lipinski definition) is 1. The predicted molar refractivity (Wildman–Crippen MR) is 69.1 cm³/mol. The molecule has 1 N–H and O–H groups in total. The molecule has 0 radical (unpaired) electrons. The Hall–Kier alpha value is -1.39. The third-order valence-electron chi connectivity index (χ3n) is 2.68. The van der Waals surface area contributed by atoms with Gasteiger partial charge in [0.15, 0.2) is 5.82 Å². The van der Waals surface area contributed by atoms with Crippen LogP contribution in [-0.2, 0) is 13.5 Å². The molecule has 4 nitrogen and oxygen atoms in total. The van der Waals surface area contributed by atoms with Gasteiger partial charge < -0.3 is 9.88 Å². The minimum atomic E-state index is 0.697. The Morgan fingerprint density at radius 3 is 2.76 bits per heavy atom. The van der Waals surface area contributed by atoms with Crippen LogP contribution in [0.2, 0.25) is 5.02 Å². The smallest absolute Gasteiger partial charge is 0.165 e. The van der Waals surface area contributed by atoms with Gasteiger partial charge in [0.1, 0.15) is 5.82 Å². The molecule has 17 heavy (non-hydrogen) atoms. The zero-order chi connectivity index (χ0) is 12.3. The maximum absolute atomic E-state index is 6.15. The summed E-state index contributed by atoms with van der Waals surface area (Å²) in [4.78, 5) is 0. The Kier molecular flexibility index (Phi) is 3.76. The molecule has 0 aliphatic heterocycles. The highest BCUT2D eigenvalue weighted by atomic mass is 35.5. The van der Waals surface area contributed by atoms with E-state index in [9.17, 15) is 0 Å². The number of hydrogen-bond acceptors (Lipinski definition) is 3. The molecule has 1 aromatic carbocycles. The number of aromatic nitrogens is 3. The summed E-state index contributed by atoms with van der Waals surface area (Å²) in [5, 5.41) is 12.2. The molecule has 5 heteroatoms. The number of nitrogens with zero attached hydrogens (tertiary/aromatic N) is 3. The summed E-state index contributed by atoms with van der Waals surface area (Å²) in [6.07, 6.45) is 0.852. The molecule has 2 aromatic rings. The number of likely N-dealkylation sites (N-methyl/N-ethyl adjacent to an activating group) is 1. The van der Waals surface area contributed by atoms with E-state index in [4.69, 9.17) is 11.6 Å². The van der Waals surface area contributed by atoms with E-state index < -0.39 is 0 Å². The normalized spacial score (nSPS) is 10.8. The van der Waals surface area contributed by atoms with Gasteiger partial charge in [-0.15, -0.1) is 10.2 Å². The van der Waals surface area contributed by atoms with Gasteiger partial charge in [0.25, 0.3) is 0 Å². The zero-order valence-corrected chi connectivity index (χ0v) is 10.7. The van der Waals surface area contributed by atoms with Gasteiger partial charge in [-0.1, -0.05) is 23.7 Å². The number of halogens is 1. The molecule has 2 rings (SSSR count). The van der Waals surface area contributed by atoms with E-state index in [1.54, 1.807) is 0 Å². The standard InChI is InChI=1S/C12H15ClN4/c1-14-8-7-11-15-16-12(17(11)2)9-5-3-4-6-10(9)13/h3-6,14H,7-8H2,1-2H3. The molecule has 0 aliphatic carbocycles. The Balaban J connectivity index is 2.34. The second-order valence-corrected chi connectivity index (χ2v) is 4.24. The second kappa shape index (κ2) is 5.29. The highest BCUT2D eigenvalue weighted by Gasteiger charge is 2.12. The van der Waals surface area contributed by atoms with Crippen LogP contribution in [0, 0.1) is 0 Å². The summed E-state index contributed by atoms with van der Waals surface area (Å²) in [6, 6.07) is 7.67. The molecule has 0 spiro atoms. The van der Waals surface area contributed by atoms with Crippen LogP contribution in [-0.4, -0.2) is 28.4 Å². The maximum Gasteiger partial charge on any atom is 0.165 e. The van der Waals surface area contributed by atoms with E-state index in [0.717, 1.165) is 30.2 Å². The van der Waals surface area contributed by atoms with E-state index in [1.807, 2.05) is 42.9 Å². The lowest BCUT2D eigenvalue weighted by atomic mass is 10.2. The average Bonchev–Trinajstić information content (AvgIpc) is 2.69. The lowest BCUT2D eigenvalue weighted by Crippen LogP contribution is -2.13. The zero-order valence-electron chi connectivity index (χ0n) is 9.94. The Morgan fingerprint density at radius 2 is 2.06 bits per heavy atom. The van der Waals surface area contributed by atoms with Crippen molar-refractivity contribution in [3.8, 4) is 11.4 Å². The molecule has 1 aromatic heterocycles. The lowest BCUT2D eigenvalue weighted by Gasteiger charge is -2.05. The highest BCUT2D eigenvalue weighted by Crippen LogP contribution is 2.25. The largest absolute Gasteiger partial charge is 0.319 e. The van der Waals surface area contributed by atoms with Crippen molar-refractivity contribution >= 4 is 11.6 Å². The number of benzene rings is 1. The van der Waals surface area contributed by atoms with Gasteiger partial charge in [-0.3, -0.25) is 0 Å². The summed E-state index contributed by atoms with van der Waals surface area (Å²) in [5.41, 5.74) is 0.917. The van der Waals surface area contributed by atoms with Crippen molar-refractivity contribution in [3.05, 3.63) is 35.1 Å². The van der Waals surface area contributed by atoms with Crippen molar-refractivity contribution in [2.45, 2.75) is 6.42 Å². The third kappa shape index (κ3) is 2.48. The highest BCUT2D eigenvalue weighted by molar-refractivity contribution is 6.33. The van der Waals surface area contributed by atoms with Crippen molar-refractivity contribution in [1.29, 1.82) is 0 Å². The molecule has 0 aliphatic rings. The molecule has 1 heterocycles. The van der Waals surface area contributed by atoms with Crippen LogP contribution in [0.4, 0.5) is 0 Å². The van der Waals surface area contributed by atoms with Crippen LogP contribution in [0.1, 0.15) is 5.82 Å². The Morgan fingerprint density at radius 1 is 1.29 bits per heavy atom. The molecule has 0 saturated heterocycles. The molecule has 0 bridgehead atoms. The SMILES string of the molecule is CNCCc1nnc(-c2ccccc2Cl)n1C. The van der Waals surface area contributed by atoms with Crippen LogP contribution in [0.5, 0.6) is 0 Å². The van der Waals surface area contributed by atoms with Crippen LogP contribution in [0.25, 0.3) is 11.4 Å². The first-order valence-electron chi connectivity index (χ1n) is 5.52. The molecule has 0 atom stereocenters. The van der Waals surface area contributed by atoms with Crippen molar-refractivity contribution in [1.82, 2.24) is 20.1 Å².